The van der Waals surface area contributed by atoms with Crippen molar-refractivity contribution >= 4 is 5.97 Å². The highest BCUT2D eigenvalue weighted by Gasteiger charge is 2.30. The predicted molar refractivity (Wildman–Crippen MR) is 78.3 cm³/mol. The Morgan fingerprint density at radius 2 is 2.00 bits per heavy atom. The first-order chi connectivity index (χ1) is 10.4. The van der Waals surface area contributed by atoms with E-state index in [4.69, 9.17) is 4.74 Å². The lowest BCUT2D eigenvalue weighted by Crippen LogP contribution is -2.36. The molecule has 120 valence electrons. The van der Waals surface area contributed by atoms with Crippen LogP contribution in [0.25, 0.3) is 0 Å². The zero-order valence-electron chi connectivity index (χ0n) is 12.3. The van der Waals surface area contributed by atoms with Gasteiger partial charge in [0, 0.05) is 24.3 Å². The van der Waals surface area contributed by atoms with Crippen molar-refractivity contribution in [3.05, 3.63) is 35.4 Å². The molecule has 1 aliphatic rings. The van der Waals surface area contributed by atoms with Crippen LogP contribution in [0.1, 0.15) is 18.9 Å². The van der Waals surface area contributed by atoms with Crippen LogP contribution in [0.15, 0.2) is 29.8 Å². The van der Waals surface area contributed by atoms with E-state index in [2.05, 4.69) is 0 Å². The number of hydrogen-bond acceptors (Lipinski definition) is 6. The first kappa shape index (κ1) is 16.3. The molecule has 0 heterocycles. The summed E-state index contributed by atoms with van der Waals surface area (Å²) in [7, 11) is 0. The van der Waals surface area contributed by atoms with E-state index >= 15 is 0 Å². The van der Waals surface area contributed by atoms with Gasteiger partial charge in [0.1, 0.15) is 0 Å². The third-order valence-electron chi connectivity index (χ3n) is 3.75. The molecule has 0 spiro atoms. The van der Waals surface area contributed by atoms with Crippen molar-refractivity contribution in [2.24, 2.45) is 5.92 Å². The van der Waals surface area contributed by atoms with Crippen LogP contribution in [0, 0.1) is 5.92 Å². The number of carbonyl (C=O) groups is 1. The van der Waals surface area contributed by atoms with Crippen LogP contribution in [0.3, 0.4) is 0 Å². The number of esters is 1. The fourth-order valence-electron chi connectivity index (χ4n) is 2.41. The molecule has 2 rings (SSSR count). The van der Waals surface area contributed by atoms with Crippen molar-refractivity contribution in [2.45, 2.75) is 32.0 Å². The highest BCUT2D eigenvalue weighted by atomic mass is 16.5. The number of rotatable bonds is 4. The molecule has 0 aromatic heterocycles. The summed E-state index contributed by atoms with van der Waals surface area (Å²) in [6.07, 6.45) is 0.262. The lowest BCUT2D eigenvalue weighted by Gasteiger charge is -2.27. The zero-order valence-corrected chi connectivity index (χ0v) is 12.3. The normalized spacial score (nSPS) is 24.7. The molecule has 1 aromatic carbocycles. The van der Waals surface area contributed by atoms with Crippen molar-refractivity contribution < 1.29 is 30.0 Å². The molecule has 0 amide bonds. The Labute approximate surface area is 128 Å². The monoisotopic (exact) mass is 308 g/mol. The van der Waals surface area contributed by atoms with Gasteiger partial charge in [-0.05, 0) is 17.7 Å². The van der Waals surface area contributed by atoms with Crippen molar-refractivity contribution in [2.75, 3.05) is 6.61 Å². The Bertz CT molecular complexity index is 580. The van der Waals surface area contributed by atoms with E-state index in [0.717, 1.165) is 5.56 Å². The van der Waals surface area contributed by atoms with Gasteiger partial charge in [0.15, 0.2) is 11.5 Å². The molecule has 6 heteroatoms. The first-order valence-corrected chi connectivity index (χ1v) is 7.13. The van der Waals surface area contributed by atoms with Gasteiger partial charge in [-0.1, -0.05) is 19.1 Å². The first-order valence-electron chi connectivity index (χ1n) is 7.13. The van der Waals surface area contributed by atoms with Crippen LogP contribution in [0.5, 0.6) is 11.5 Å². The number of carbonyl (C=O) groups excluding carboxylic acids is 1. The minimum atomic E-state index is -0.961. The lowest BCUT2D eigenvalue weighted by atomic mass is 9.87. The summed E-state index contributed by atoms with van der Waals surface area (Å²) in [6, 6.07) is 4.41. The molecule has 0 aliphatic heterocycles. The summed E-state index contributed by atoms with van der Waals surface area (Å²) in [6.45, 7) is 1.84. The van der Waals surface area contributed by atoms with Gasteiger partial charge in [-0.2, -0.15) is 0 Å². The summed E-state index contributed by atoms with van der Waals surface area (Å²) in [5, 5.41) is 37.9. The SMILES string of the molecule is C[C@@H]1C=C(C(=O)OCCc2ccc(O)c(O)c2)C[C@@H](O)[C@@H]1O. The van der Waals surface area contributed by atoms with E-state index in [9.17, 15) is 25.2 Å². The summed E-state index contributed by atoms with van der Waals surface area (Å²) in [5.41, 5.74) is 1.09. The van der Waals surface area contributed by atoms with Gasteiger partial charge in [0.2, 0.25) is 0 Å². The second-order valence-corrected chi connectivity index (χ2v) is 5.52. The number of ether oxygens (including phenoxy) is 1. The fourth-order valence-corrected chi connectivity index (χ4v) is 2.41. The van der Waals surface area contributed by atoms with Crippen LogP contribution in [-0.2, 0) is 16.0 Å². The molecule has 3 atom stereocenters. The summed E-state index contributed by atoms with van der Waals surface area (Å²) in [4.78, 5) is 11.9. The second kappa shape index (κ2) is 6.81. The molecule has 1 aliphatic carbocycles. The highest BCUT2D eigenvalue weighted by molar-refractivity contribution is 5.88. The summed E-state index contributed by atoms with van der Waals surface area (Å²) >= 11 is 0. The van der Waals surface area contributed by atoms with Crippen LogP contribution >= 0.6 is 0 Å². The van der Waals surface area contributed by atoms with Crippen molar-refractivity contribution in [3.8, 4) is 11.5 Å². The van der Waals surface area contributed by atoms with E-state index in [1.165, 1.54) is 12.1 Å². The molecular formula is C16H20O6. The molecule has 0 saturated heterocycles. The quantitative estimate of drug-likeness (QED) is 0.486. The van der Waals surface area contributed by atoms with Crippen molar-refractivity contribution in [1.82, 2.24) is 0 Å². The topological polar surface area (TPSA) is 107 Å². The fraction of sp³-hybridized carbons (Fsp3) is 0.438. The maximum absolute atomic E-state index is 11.9. The molecule has 0 saturated carbocycles. The van der Waals surface area contributed by atoms with E-state index in [1.807, 2.05) is 0 Å². The van der Waals surface area contributed by atoms with Gasteiger partial charge in [-0.3, -0.25) is 0 Å². The average Bonchev–Trinajstić information content (AvgIpc) is 2.47. The molecule has 6 nitrogen and oxygen atoms in total. The Balaban J connectivity index is 1.88. The number of aliphatic hydroxyl groups is 2. The van der Waals surface area contributed by atoms with E-state index < -0.39 is 18.2 Å². The van der Waals surface area contributed by atoms with Crippen LogP contribution in [0.2, 0.25) is 0 Å². The molecule has 0 fully saturated rings. The Kier molecular flexibility index (Phi) is 5.05. The molecule has 0 bridgehead atoms. The smallest absolute Gasteiger partial charge is 0.333 e. The van der Waals surface area contributed by atoms with Gasteiger partial charge < -0.3 is 25.2 Å². The standard InChI is InChI=1S/C16H20O6/c1-9-6-11(8-14(19)15(9)20)16(21)22-5-4-10-2-3-12(17)13(18)7-10/h2-3,6-7,9,14-15,17-20H,4-5,8H2,1H3/t9-,14-,15-/m1/s1. The lowest BCUT2D eigenvalue weighted by molar-refractivity contribution is -0.140. The highest BCUT2D eigenvalue weighted by Crippen LogP contribution is 2.26. The average molecular weight is 308 g/mol. The summed E-state index contributed by atoms with van der Waals surface area (Å²) < 4.78 is 5.14. The Hall–Kier alpha value is -2.05. The molecule has 4 N–H and O–H groups in total. The number of aliphatic hydroxyl groups excluding tert-OH is 2. The third-order valence-corrected chi connectivity index (χ3v) is 3.75. The van der Waals surface area contributed by atoms with Crippen molar-refractivity contribution in [3.63, 3.8) is 0 Å². The molecule has 22 heavy (non-hydrogen) atoms. The number of phenolic OH excluding ortho intramolecular Hbond substituents is 2. The van der Waals surface area contributed by atoms with Crippen LogP contribution in [-0.4, -0.2) is 45.2 Å². The summed E-state index contributed by atoms with van der Waals surface area (Å²) in [5.74, 6) is -1.24. The number of phenols is 2. The predicted octanol–water partition coefficient (Wildman–Crippen LogP) is 0.871. The maximum atomic E-state index is 11.9. The van der Waals surface area contributed by atoms with Crippen molar-refractivity contribution in [1.29, 1.82) is 0 Å². The Morgan fingerprint density at radius 3 is 2.64 bits per heavy atom. The number of hydrogen-bond donors (Lipinski definition) is 4. The molecule has 0 radical (unpaired) electrons. The zero-order chi connectivity index (χ0) is 16.3. The third kappa shape index (κ3) is 3.78. The van der Waals surface area contributed by atoms with Gasteiger partial charge in [-0.15, -0.1) is 0 Å². The van der Waals surface area contributed by atoms with E-state index in [1.54, 1.807) is 19.1 Å². The number of benzene rings is 1. The van der Waals surface area contributed by atoms with Gasteiger partial charge in [0.25, 0.3) is 0 Å². The molecular weight excluding hydrogens is 288 g/mol. The van der Waals surface area contributed by atoms with Gasteiger partial charge >= 0.3 is 5.97 Å². The minimum Gasteiger partial charge on any atom is -0.504 e. The van der Waals surface area contributed by atoms with Gasteiger partial charge in [-0.25, -0.2) is 4.79 Å². The van der Waals surface area contributed by atoms with E-state index in [-0.39, 0.29) is 30.4 Å². The van der Waals surface area contributed by atoms with Gasteiger partial charge in [0.05, 0.1) is 18.8 Å². The van der Waals surface area contributed by atoms with E-state index in [0.29, 0.717) is 12.0 Å². The Morgan fingerprint density at radius 1 is 1.27 bits per heavy atom. The largest absolute Gasteiger partial charge is 0.504 e. The maximum Gasteiger partial charge on any atom is 0.333 e. The minimum absolute atomic E-state index is 0.0737. The molecule has 1 aromatic rings. The van der Waals surface area contributed by atoms with Crippen LogP contribution < -0.4 is 0 Å². The molecule has 0 unspecified atom stereocenters. The van der Waals surface area contributed by atoms with Crippen LogP contribution in [0.4, 0.5) is 0 Å². The second-order valence-electron chi connectivity index (χ2n) is 5.52. The number of aromatic hydroxyl groups is 2.